The minimum Gasteiger partial charge on any atom is -0.383 e. The lowest BCUT2D eigenvalue weighted by Gasteiger charge is -2.25. The molecule has 1 N–H and O–H groups in total. The van der Waals surface area contributed by atoms with E-state index in [0.29, 0.717) is 32.5 Å². The summed E-state index contributed by atoms with van der Waals surface area (Å²) in [6.45, 7) is 4.71. The SMILES string of the molecule is CCC(=O)N1Cc2[nH]nc(Cc3cc(-c4ccccc4)nc(N4CCCC4COC)n3)c2C1. The van der Waals surface area contributed by atoms with E-state index in [-0.39, 0.29) is 11.9 Å². The summed E-state index contributed by atoms with van der Waals surface area (Å²) in [5.41, 5.74) is 6.01. The number of carbonyl (C=O) groups excluding carboxylic acids is 1. The van der Waals surface area contributed by atoms with Crippen LogP contribution in [0.3, 0.4) is 0 Å². The fraction of sp³-hybridized carbons (Fsp3) is 0.440. The van der Waals surface area contributed by atoms with Crippen LogP contribution >= 0.6 is 0 Å². The van der Waals surface area contributed by atoms with Crippen LogP contribution in [0.4, 0.5) is 5.95 Å². The molecule has 1 atom stereocenters. The van der Waals surface area contributed by atoms with E-state index in [9.17, 15) is 4.79 Å². The molecule has 1 amide bonds. The molecule has 1 saturated heterocycles. The highest BCUT2D eigenvalue weighted by molar-refractivity contribution is 5.76. The number of rotatable bonds is 7. The number of nitrogens with zero attached hydrogens (tertiary/aromatic N) is 5. The van der Waals surface area contributed by atoms with Gasteiger partial charge >= 0.3 is 0 Å². The summed E-state index contributed by atoms with van der Waals surface area (Å²) < 4.78 is 5.45. The van der Waals surface area contributed by atoms with Crippen LogP contribution < -0.4 is 4.90 Å². The average Bonchev–Trinajstić information content (AvgIpc) is 3.57. The van der Waals surface area contributed by atoms with Crippen LogP contribution in [0, 0.1) is 0 Å². The number of benzene rings is 1. The second-order valence-electron chi connectivity index (χ2n) is 8.76. The number of hydrogen-bond acceptors (Lipinski definition) is 6. The van der Waals surface area contributed by atoms with Crippen molar-refractivity contribution >= 4 is 11.9 Å². The van der Waals surface area contributed by atoms with Crippen molar-refractivity contribution in [3.63, 3.8) is 0 Å². The maximum absolute atomic E-state index is 12.2. The topological polar surface area (TPSA) is 87.2 Å². The van der Waals surface area contributed by atoms with E-state index in [1.54, 1.807) is 7.11 Å². The van der Waals surface area contributed by atoms with Gasteiger partial charge in [0.15, 0.2) is 0 Å². The molecule has 2 aliphatic rings. The first-order valence-corrected chi connectivity index (χ1v) is 11.7. The number of amides is 1. The highest BCUT2D eigenvalue weighted by Gasteiger charge is 2.29. The van der Waals surface area contributed by atoms with Crippen molar-refractivity contribution in [3.05, 3.63) is 59.0 Å². The smallest absolute Gasteiger partial charge is 0.226 e. The third kappa shape index (κ3) is 4.35. The number of aromatic amines is 1. The van der Waals surface area contributed by atoms with Gasteiger partial charge in [-0.1, -0.05) is 37.3 Å². The molecule has 0 bridgehead atoms. The Kier molecular flexibility index (Phi) is 6.09. The second-order valence-corrected chi connectivity index (χ2v) is 8.76. The molecule has 0 radical (unpaired) electrons. The first-order valence-electron chi connectivity index (χ1n) is 11.7. The minimum atomic E-state index is 0.166. The van der Waals surface area contributed by atoms with Crippen LogP contribution in [0.2, 0.25) is 0 Å². The molecule has 5 rings (SSSR count). The lowest BCUT2D eigenvalue weighted by molar-refractivity contribution is -0.131. The zero-order valence-electron chi connectivity index (χ0n) is 19.3. The molecule has 0 aliphatic carbocycles. The summed E-state index contributed by atoms with van der Waals surface area (Å²) in [6.07, 6.45) is 3.30. The van der Waals surface area contributed by atoms with Gasteiger partial charge in [-0.3, -0.25) is 9.89 Å². The van der Waals surface area contributed by atoms with E-state index < -0.39 is 0 Å². The number of anilines is 1. The monoisotopic (exact) mass is 446 g/mol. The predicted octanol–water partition coefficient (Wildman–Crippen LogP) is 3.32. The van der Waals surface area contributed by atoms with Crippen molar-refractivity contribution in [2.45, 2.75) is 51.7 Å². The summed E-state index contributed by atoms with van der Waals surface area (Å²) in [5, 5.41) is 7.71. The molecular weight excluding hydrogens is 416 g/mol. The van der Waals surface area contributed by atoms with E-state index in [2.05, 4.69) is 33.3 Å². The summed E-state index contributed by atoms with van der Waals surface area (Å²) in [7, 11) is 1.74. The van der Waals surface area contributed by atoms with Gasteiger partial charge in [0, 0.05) is 44.2 Å². The fourth-order valence-electron chi connectivity index (χ4n) is 4.84. The summed E-state index contributed by atoms with van der Waals surface area (Å²) in [4.78, 5) is 26.3. The van der Waals surface area contributed by atoms with Gasteiger partial charge in [-0.25, -0.2) is 9.97 Å². The van der Waals surface area contributed by atoms with E-state index in [0.717, 1.165) is 59.2 Å². The number of fused-ring (bicyclic) bond motifs is 1. The number of carbonyl (C=O) groups is 1. The number of hydrogen-bond donors (Lipinski definition) is 1. The van der Waals surface area contributed by atoms with Crippen LogP contribution in [0.1, 0.15) is 48.8 Å². The molecule has 2 aromatic heterocycles. The third-order valence-corrected chi connectivity index (χ3v) is 6.57. The average molecular weight is 447 g/mol. The Labute approximate surface area is 194 Å². The Balaban J connectivity index is 1.48. The molecule has 4 heterocycles. The normalized spacial score (nSPS) is 17.6. The van der Waals surface area contributed by atoms with Gasteiger partial charge < -0.3 is 14.5 Å². The molecule has 3 aromatic rings. The molecule has 8 nitrogen and oxygen atoms in total. The van der Waals surface area contributed by atoms with Gasteiger partial charge in [0.2, 0.25) is 11.9 Å². The zero-order valence-corrected chi connectivity index (χ0v) is 19.3. The van der Waals surface area contributed by atoms with E-state index >= 15 is 0 Å². The molecule has 1 fully saturated rings. The van der Waals surface area contributed by atoms with E-state index in [1.165, 1.54) is 0 Å². The van der Waals surface area contributed by atoms with Gasteiger partial charge in [-0.05, 0) is 18.9 Å². The number of H-pyrrole nitrogens is 1. The van der Waals surface area contributed by atoms with Crippen molar-refractivity contribution < 1.29 is 9.53 Å². The molecule has 0 saturated carbocycles. The van der Waals surface area contributed by atoms with Gasteiger partial charge in [0.05, 0.1) is 42.0 Å². The number of ether oxygens (including phenoxy) is 1. The Morgan fingerprint density at radius 1 is 1.21 bits per heavy atom. The highest BCUT2D eigenvalue weighted by atomic mass is 16.5. The largest absolute Gasteiger partial charge is 0.383 e. The fourth-order valence-corrected chi connectivity index (χ4v) is 4.84. The zero-order chi connectivity index (χ0) is 22.8. The number of nitrogens with one attached hydrogen (secondary N) is 1. The molecule has 2 aliphatic heterocycles. The second kappa shape index (κ2) is 9.31. The van der Waals surface area contributed by atoms with Crippen LogP contribution in [0.15, 0.2) is 36.4 Å². The molecule has 172 valence electrons. The van der Waals surface area contributed by atoms with Crippen LogP contribution in [-0.4, -0.2) is 57.3 Å². The lowest BCUT2D eigenvalue weighted by atomic mass is 10.1. The first-order chi connectivity index (χ1) is 16.2. The molecule has 8 heteroatoms. The standard InChI is InChI=1S/C25H30N6O2/c1-3-24(32)30-14-20-22(28-29-23(20)15-30)13-18-12-21(17-8-5-4-6-9-17)27-25(26-18)31-11-7-10-19(31)16-33-2/h4-6,8-9,12,19H,3,7,10-11,13-16H2,1-2H3,(H,28,29). The summed E-state index contributed by atoms with van der Waals surface area (Å²) in [6, 6.07) is 12.6. The summed E-state index contributed by atoms with van der Waals surface area (Å²) >= 11 is 0. The van der Waals surface area contributed by atoms with Gasteiger partial charge in [-0.15, -0.1) is 0 Å². The van der Waals surface area contributed by atoms with Crippen LogP contribution in [0.5, 0.6) is 0 Å². The Bertz CT molecular complexity index is 1130. The Morgan fingerprint density at radius 3 is 2.85 bits per heavy atom. The third-order valence-electron chi connectivity index (χ3n) is 6.57. The first kappa shape index (κ1) is 21.6. The lowest BCUT2D eigenvalue weighted by Crippen LogP contribution is -2.34. The Morgan fingerprint density at radius 2 is 2.06 bits per heavy atom. The van der Waals surface area contributed by atoms with Crippen LogP contribution in [-0.2, 0) is 29.0 Å². The van der Waals surface area contributed by atoms with Crippen molar-refractivity contribution in [1.29, 1.82) is 0 Å². The minimum absolute atomic E-state index is 0.166. The maximum Gasteiger partial charge on any atom is 0.226 e. The Hall–Kier alpha value is -3.26. The number of aromatic nitrogens is 4. The van der Waals surface area contributed by atoms with Crippen LogP contribution in [0.25, 0.3) is 11.3 Å². The quantitative estimate of drug-likeness (QED) is 0.599. The van der Waals surface area contributed by atoms with Gasteiger partial charge in [0.25, 0.3) is 0 Å². The van der Waals surface area contributed by atoms with Gasteiger partial charge in [0.1, 0.15) is 0 Å². The molecule has 0 spiro atoms. The predicted molar refractivity (Wildman–Crippen MR) is 126 cm³/mol. The van der Waals surface area contributed by atoms with E-state index in [1.807, 2.05) is 30.0 Å². The van der Waals surface area contributed by atoms with E-state index in [4.69, 9.17) is 14.7 Å². The molecule has 33 heavy (non-hydrogen) atoms. The molecular formula is C25H30N6O2. The van der Waals surface area contributed by atoms with Crippen molar-refractivity contribution in [2.24, 2.45) is 0 Å². The molecule has 1 aromatic carbocycles. The highest BCUT2D eigenvalue weighted by Crippen LogP contribution is 2.29. The van der Waals surface area contributed by atoms with Crippen molar-refractivity contribution in [3.8, 4) is 11.3 Å². The summed E-state index contributed by atoms with van der Waals surface area (Å²) in [5.74, 6) is 0.917. The van der Waals surface area contributed by atoms with Gasteiger partial charge in [-0.2, -0.15) is 5.10 Å². The number of methoxy groups -OCH3 is 1. The maximum atomic E-state index is 12.2. The van der Waals surface area contributed by atoms with Crippen molar-refractivity contribution in [2.75, 3.05) is 25.2 Å². The molecule has 1 unspecified atom stereocenters. The van der Waals surface area contributed by atoms with Crippen molar-refractivity contribution in [1.82, 2.24) is 25.1 Å².